The molecule has 0 heterocycles. The minimum absolute atomic E-state index is 0.102. The normalized spacial score (nSPS) is 12.3. The predicted octanol–water partition coefficient (Wildman–Crippen LogP) is 4.13. The maximum Gasteiger partial charge on any atom is 0.326 e. The van der Waals surface area contributed by atoms with Gasteiger partial charge in [0.1, 0.15) is 18.8 Å². The number of esters is 1. The zero-order chi connectivity index (χ0) is 20.6. The van der Waals surface area contributed by atoms with E-state index in [1.165, 1.54) is 4.90 Å². The molecule has 2 aromatic rings. The zero-order valence-electron chi connectivity index (χ0n) is 17.1. The first-order chi connectivity index (χ1) is 13.3. The van der Waals surface area contributed by atoms with E-state index in [1.54, 1.807) is 20.8 Å². The standard InChI is InChI=1S/C23H29NO4/c1-18(20-13-9-6-10-14-20)24(15-22(26)28-23(2,3)4)21(25)17-27-16-19-11-7-5-8-12-19/h5-14,18H,15-17H2,1-4H3/t18-/m1/s1. The van der Waals surface area contributed by atoms with Gasteiger partial charge in [-0.25, -0.2) is 0 Å². The summed E-state index contributed by atoms with van der Waals surface area (Å²) in [4.78, 5) is 26.7. The quantitative estimate of drug-likeness (QED) is 0.643. The van der Waals surface area contributed by atoms with Crippen molar-refractivity contribution in [1.29, 1.82) is 0 Å². The van der Waals surface area contributed by atoms with Gasteiger partial charge in [-0.1, -0.05) is 60.7 Å². The first kappa shape index (κ1) is 21.6. The predicted molar refractivity (Wildman–Crippen MR) is 109 cm³/mol. The molecular weight excluding hydrogens is 354 g/mol. The molecule has 0 saturated heterocycles. The Hall–Kier alpha value is -2.66. The molecule has 5 heteroatoms. The van der Waals surface area contributed by atoms with Crippen LogP contribution in [0.15, 0.2) is 60.7 Å². The molecule has 0 unspecified atom stereocenters. The molecule has 2 rings (SSSR count). The number of carbonyl (C=O) groups is 2. The molecule has 0 aliphatic heterocycles. The van der Waals surface area contributed by atoms with Gasteiger partial charge in [0.25, 0.3) is 0 Å². The van der Waals surface area contributed by atoms with Gasteiger partial charge in [0.2, 0.25) is 5.91 Å². The fourth-order valence-electron chi connectivity index (χ4n) is 2.78. The molecule has 0 radical (unpaired) electrons. The van der Waals surface area contributed by atoms with E-state index < -0.39 is 11.6 Å². The van der Waals surface area contributed by atoms with Gasteiger partial charge in [-0.05, 0) is 38.8 Å². The lowest BCUT2D eigenvalue weighted by molar-refractivity contribution is -0.161. The second-order valence-electron chi connectivity index (χ2n) is 7.67. The van der Waals surface area contributed by atoms with Crippen LogP contribution < -0.4 is 0 Å². The van der Waals surface area contributed by atoms with Gasteiger partial charge in [0.15, 0.2) is 0 Å². The smallest absolute Gasteiger partial charge is 0.326 e. The number of benzene rings is 2. The largest absolute Gasteiger partial charge is 0.459 e. The lowest BCUT2D eigenvalue weighted by atomic mass is 10.1. The molecule has 2 aromatic carbocycles. The fraction of sp³-hybridized carbons (Fsp3) is 0.391. The Bertz CT molecular complexity index is 753. The van der Waals surface area contributed by atoms with E-state index in [4.69, 9.17) is 9.47 Å². The van der Waals surface area contributed by atoms with Crippen molar-refractivity contribution in [3.05, 3.63) is 71.8 Å². The van der Waals surface area contributed by atoms with E-state index in [0.29, 0.717) is 6.61 Å². The van der Waals surface area contributed by atoms with E-state index in [0.717, 1.165) is 11.1 Å². The summed E-state index contributed by atoms with van der Waals surface area (Å²) in [6, 6.07) is 19.0. The van der Waals surface area contributed by atoms with E-state index in [1.807, 2.05) is 67.6 Å². The van der Waals surface area contributed by atoms with Crippen LogP contribution in [0, 0.1) is 0 Å². The van der Waals surface area contributed by atoms with Crippen LogP contribution in [-0.4, -0.2) is 35.5 Å². The zero-order valence-corrected chi connectivity index (χ0v) is 17.1. The number of hydrogen-bond donors (Lipinski definition) is 0. The molecule has 0 spiro atoms. The van der Waals surface area contributed by atoms with Gasteiger partial charge in [-0.2, -0.15) is 0 Å². The van der Waals surface area contributed by atoms with Crippen molar-refractivity contribution < 1.29 is 19.1 Å². The van der Waals surface area contributed by atoms with Crippen molar-refractivity contribution in [2.75, 3.05) is 13.2 Å². The van der Waals surface area contributed by atoms with Gasteiger partial charge in [-0.3, -0.25) is 9.59 Å². The van der Waals surface area contributed by atoms with Crippen molar-refractivity contribution in [1.82, 2.24) is 4.90 Å². The Balaban J connectivity index is 2.05. The van der Waals surface area contributed by atoms with Crippen molar-refractivity contribution in [2.24, 2.45) is 0 Å². The molecule has 150 valence electrons. The number of rotatable bonds is 8. The van der Waals surface area contributed by atoms with E-state index >= 15 is 0 Å². The van der Waals surface area contributed by atoms with Gasteiger partial charge < -0.3 is 14.4 Å². The SMILES string of the molecule is C[C@H](c1ccccc1)N(CC(=O)OC(C)(C)C)C(=O)COCc1ccccc1. The van der Waals surface area contributed by atoms with E-state index in [-0.39, 0.29) is 25.1 Å². The third-order valence-corrected chi connectivity index (χ3v) is 4.13. The Morgan fingerprint density at radius 3 is 2.11 bits per heavy atom. The first-order valence-electron chi connectivity index (χ1n) is 9.44. The van der Waals surface area contributed by atoms with Crippen LogP contribution in [0.3, 0.4) is 0 Å². The van der Waals surface area contributed by atoms with Crippen molar-refractivity contribution >= 4 is 11.9 Å². The number of ether oxygens (including phenoxy) is 2. The molecule has 0 fully saturated rings. The highest BCUT2D eigenvalue weighted by Crippen LogP contribution is 2.21. The van der Waals surface area contributed by atoms with Gasteiger partial charge >= 0.3 is 5.97 Å². The van der Waals surface area contributed by atoms with Crippen molar-refractivity contribution in [3.63, 3.8) is 0 Å². The van der Waals surface area contributed by atoms with Crippen LogP contribution >= 0.6 is 0 Å². The molecule has 0 saturated carbocycles. The number of amides is 1. The maximum atomic E-state index is 12.8. The topological polar surface area (TPSA) is 55.8 Å². The summed E-state index contributed by atoms with van der Waals surface area (Å²) in [5, 5.41) is 0. The molecule has 1 atom stereocenters. The van der Waals surface area contributed by atoms with Crippen LogP contribution in [0.4, 0.5) is 0 Å². The third-order valence-electron chi connectivity index (χ3n) is 4.13. The number of carbonyl (C=O) groups excluding carboxylic acids is 2. The fourth-order valence-corrected chi connectivity index (χ4v) is 2.78. The molecule has 0 bridgehead atoms. The Morgan fingerprint density at radius 2 is 1.54 bits per heavy atom. The molecule has 0 aliphatic carbocycles. The summed E-state index contributed by atoms with van der Waals surface area (Å²) in [5.41, 5.74) is 1.33. The van der Waals surface area contributed by atoms with Crippen LogP contribution in [-0.2, 0) is 25.7 Å². The second kappa shape index (κ2) is 10.0. The molecule has 1 amide bonds. The highest BCUT2D eigenvalue weighted by Gasteiger charge is 2.26. The number of nitrogens with zero attached hydrogens (tertiary/aromatic N) is 1. The summed E-state index contributed by atoms with van der Waals surface area (Å²) in [5.74, 6) is -0.690. The molecule has 0 N–H and O–H groups in total. The number of hydrogen-bond acceptors (Lipinski definition) is 4. The molecule has 0 aliphatic rings. The Morgan fingerprint density at radius 1 is 0.964 bits per heavy atom. The van der Waals surface area contributed by atoms with Gasteiger partial charge in [0.05, 0.1) is 12.6 Å². The third kappa shape index (κ3) is 7.16. The summed E-state index contributed by atoms with van der Waals surface area (Å²) < 4.78 is 11.0. The first-order valence-corrected chi connectivity index (χ1v) is 9.44. The van der Waals surface area contributed by atoms with Crippen LogP contribution in [0.1, 0.15) is 44.9 Å². The van der Waals surface area contributed by atoms with Crippen molar-refractivity contribution in [3.8, 4) is 0 Å². The van der Waals surface area contributed by atoms with Crippen molar-refractivity contribution in [2.45, 2.75) is 45.9 Å². The highest BCUT2D eigenvalue weighted by atomic mass is 16.6. The minimum atomic E-state index is -0.606. The van der Waals surface area contributed by atoms with Crippen LogP contribution in [0.25, 0.3) is 0 Å². The summed E-state index contributed by atoms with van der Waals surface area (Å²) in [6.45, 7) is 7.43. The van der Waals surface area contributed by atoms with Gasteiger partial charge in [-0.15, -0.1) is 0 Å². The van der Waals surface area contributed by atoms with Crippen LogP contribution in [0.5, 0.6) is 0 Å². The second-order valence-corrected chi connectivity index (χ2v) is 7.67. The summed E-state index contributed by atoms with van der Waals surface area (Å²) in [7, 11) is 0. The molecule has 5 nitrogen and oxygen atoms in total. The van der Waals surface area contributed by atoms with Gasteiger partial charge in [0, 0.05) is 0 Å². The maximum absolute atomic E-state index is 12.8. The summed E-state index contributed by atoms with van der Waals surface area (Å²) in [6.07, 6.45) is 0. The molecular formula is C23H29NO4. The van der Waals surface area contributed by atoms with E-state index in [2.05, 4.69) is 0 Å². The van der Waals surface area contributed by atoms with Crippen LogP contribution in [0.2, 0.25) is 0 Å². The lowest BCUT2D eigenvalue weighted by Gasteiger charge is -2.30. The average Bonchev–Trinajstić information content (AvgIpc) is 2.65. The molecule has 28 heavy (non-hydrogen) atoms. The van der Waals surface area contributed by atoms with E-state index in [9.17, 15) is 9.59 Å². The summed E-state index contributed by atoms with van der Waals surface area (Å²) >= 11 is 0. The highest BCUT2D eigenvalue weighted by molar-refractivity contribution is 5.83. The average molecular weight is 383 g/mol. The Labute approximate surface area is 167 Å². The minimum Gasteiger partial charge on any atom is -0.459 e. The molecule has 0 aromatic heterocycles. The Kier molecular flexibility index (Phi) is 7.76. The lowest BCUT2D eigenvalue weighted by Crippen LogP contribution is -2.42. The monoisotopic (exact) mass is 383 g/mol.